The molecule has 0 unspecified atom stereocenters. The second kappa shape index (κ2) is 7.78. The van der Waals surface area contributed by atoms with Crippen molar-refractivity contribution in [2.24, 2.45) is 23.7 Å². The molecular weight excluding hydrogens is 228 g/mol. The minimum Gasteiger partial charge on any atom is -0.103 e. The summed E-state index contributed by atoms with van der Waals surface area (Å²) in [6.45, 7) is 4.31. The van der Waals surface area contributed by atoms with Gasteiger partial charge in [0.1, 0.15) is 0 Å². The summed E-state index contributed by atoms with van der Waals surface area (Å²) in [6.07, 6.45) is 17.1. The first-order valence-electron chi connectivity index (χ1n) is 8.44. The molecule has 0 nitrogen and oxygen atoms in total. The molecule has 0 aromatic carbocycles. The molecule has 2 fully saturated rings. The van der Waals surface area contributed by atoms with Crippen molar-refractivity contribution in [3.8, 4) is 11.8 Å². The average Bonchev–Trinajstić information content (AvgIpc) is 2.47. The van der Waals surface area contributed by atoms with E-state index >= 15 is 0 Å². The molecule has 0 radical (unpaired) electrons. The van der Waals surface area contributed by atoms with Crippen molar-refractivity contribution in [2.45, 2.75) is 71.6 Å². The Morgan fingerprint density at radius 1 is 0.895 bits per heavy atom. The largest absolute Gasteiger partial charge is 0.103 e. The zero-order valence-electron chi connectivity index (χ0n) is 12.8. The Bertz CT molecular complexity index is 325. The molecule has 106 valence electrons. The molecular formula is C19H30. The Morgan fingerprint density at radius 2 is 1.47 bits per heavy atom. The molecule has 0 amide bonds. The molecule has 0 heteroatoms. The molecule has 2 aliphatic carbocycles. The zero-order chi connectivity index (χ0) is 13.5. The van der Waals surface area contributed by atoms with Gasteiger partial charge < -0.3 is 0 Å². The average molecular weight is 258 g/mol. The standard InChI is InChI=1S/C19H30/c1-3-5-7-17-10-14-19(15-11-17)18-12-8-16(6-4-2)9-13-18/h4,6,16-19H,3,8-15H2,1-2H3. The summed E-state index contributed by atoms with van der Waals surface area (Å²) in [4.78, 5) is 0. The van der Waals surface area contributed by atoms with Crippen LogP contribution in [-0.2, 0) is 0 Å². The van der Waals surface area contributed by atoms with E-state index in [-0.39, 0.29) is 0 Å². The first-order chi connectivity index (χ1) is 9.33. The maximum absolute atomic E-state index is 3.46. The Hall–Kier alpha value is -0.700. The summed E-state index contributed by atoms with van der Waals surface area (Å²) in [5.74, 6) is 10.4. The van der Waals surface area contributed by atoms with Gasteiger partial charge in [0, 0.05) is 12.3 Å². The van der Waals surface area contributed by atoms with Crippen molar-refractivity contribution < 1.29 is 0 Å². The lowest BCUT2D eigenvalue weighted by Gasteiger charge is -2.36. The highest BCUT2D eigenvalue weighted by atomic mass is 14.3. The van der Waals surface area contributed by atoms with Crippen molar-refractivity contribution >= 4 is 0 Å². The fourth-order valence-electron chi connectivity index (χ4n) is 4.06. The van der Waals surface area contributed by atoms with Crippen LogP contribution in [0.1, 0.15) is 71.6 Å². The summed E-state index contributed by atoms with van der Waals surface area (Å²) in [6, 6.07) is 0. The van der Waals surface area contributed by atoms with Crippen molar-refractivity contribution in [3.05, 3.63) is 12.2 Å². The van der Waals surface area contributed by atoms with Crippen LogP contribution in [0.15, 0.2) is 12.2 Å². The minimum absolute atomic E-state index is 0.718. The third kappa shape index (κ3) is 4.41. The van der Waals surface area contributed by atoms with Gasteiger partial charge in [0.2, 0.25) is 0 Å². The van der Waals surface area contributed by atoms with E-state index in [1.54, 1.807) is 0 Å². The predicted octanol–water partition coefficient (Wildman–Crippen LogP) is 5.59. The normalized spacial score (nSPS) is 35.9. The van der Waals surface area contributed by atoms with Gasteiger partial charge in [-0.3, -0.25) is 0 Å². The van der Waals surface area contributed by atoms with Gasteiger partial charge >= 0.3 is 0 Å². The van der Waals surface area contributed by atoms with E-state index < -0.39 is 0 Å². The van der Waals surface area contributed by atoms with Crippen molar-refractivity contribution in [2.75, 3.05) is 0 Å². The fraction of sp³-hybridized carbons (Fsp3) is 0.789. The highest BCUT2D eigenvalue weighted by Crippen LogP contribution is 2.41. The van der Waals surface area contributed by atoms with Crippen LogP contribution in [0.25, 0.3) is 0 Å². The third-order valence-corrected chi connectivity index (χ3v) is 5.20. The summed E-state index contributed by atoms with van der Waals surface area (Å²) >= 11 is 0. The summed E-state index contributed by atoms with van der Waals surface area (Å²) in [5, 5.41) is 0. The highest BCUT2D eigenvalue weighted by molar-refractivity contribution is 5.04. The van der Waals surface area contributed by atoms with Gasteiger partial charge in [0.05, 0.1) is 0 Å². The van der Waals surface area contributed by atoms with Gasteiger partial charge in [-0.2, -0.15) is 0 Å². The number of rotatable bonds is 2. The topological polar surface area (TPSA) is 0 Å². The van der Waals surface area contributed by atoms with Crippen LogP contribution in [0.2, 0.25) is 0 Å². The molecule has 0 atom stereocenters. The molecule has 2 rings (SSSR count). The van der Waals surface area contributed by atoms with Crippen LogP contribution in [0.4, 0.5) is 0 Å². The molecule has 2 aliphatic rings. The monoisotopic (exact) mass is 258 g/mol. The van der Waals surface area contributed by atoms with Gasteiger partial charge in [-0.1, -0.05) is 25.0 Å². The van der Waals surface area contributed by atoms with Gasteiger partial charge in [0.15, 0.2) is 0 Å². The van der Waals surface area contributed by atoms with Gasteiger partial charge in [-0.15, -0.1) is 5.92 Å². The van der Waals surface area contributed by atoms with Crippen LogP contribution in [0, 0.1) is 35.5 Å². The Morgan fingerprint density at radius 3 is 2.00 bits per heavy atom. The second-order valence-electron chi connectivity index (χ2n) is 6.49. The van der Waals surface area contributed by atoms with Gasteiger partial charge in [-0.25, -0.2) is 0 Å². The Kier molecular flexibility index (Phi) is 6.02. The fourth-order valence-corrected chi connectivity index (χ4v) is 4.06. The SMILES string of the molecule is CC=CC1CCC(C2CCC(C#CCC)CC2)CC1. The van der Waals surface area contributed by atoms with Crippen LogP contribution < -0.4 is 0 Å². The quantitative estimate of drug-likeness (QED) is 0.447. The van der Waals surface area contributed by atoms with Crippen molar-refractivity contribution in [3.63, 3.8) is 0 Å². The van der Waals surface area contributed by atoms with E-state index in [0.717, 1.165) is 30.1 Å². The molecule has 0 aliphatic heterocycles. The first-order valence-corrected chi connectivity index (χ1v) is 8.44. The van der Waals surface area contributed by atoms with E-state index in [2.05, 4.69) is 37.8 Å². The lowest BCUT2D eigenvalue weighted by atomic mass is 9.69. The summed E-state index contributed by atoms with van der Waals surface area (Å²) in [5.41, 5.74) is 0. The maximum Gasteiger partial charge on any atom is 0.0203 e. The molecule has 0 aromatic rings. The maximum atomic E-state index is 3.46. The number of allylic oxidation sites excluding steroid dienone is 2. The summed E-state index contributed by atoms with van der Waals surface area (Å²) < 4.78 is 0. The Balaban J connectivity index is 1.73. The van der Waals surface area contributed by atoms with Crippen LogP contribution in [-0.4, -0.2) is 0 Å². The molecule has 19 heavy (non-hydrogen) atoms. The lowest BCUT2D eigenvalue weighted by molar-refractivity contribution is 0.168. The van der Waals surface area contributed by atoms with Crippen molar-refractivity contribution in [1.82, 2.24) is 0 Å². The van der Waals surface area contributed by atoms with Crippen LogP contribution >= 0.6 is 0 Å². The smallest absolute Gasteiger partial charge is 0.0203 e. The molecule has 0 bridgehead atoms. The minimum atomic E-state index is 0.718. The second-order valence-corrected chi connectivity index (χ2v) is 6.49. The highest BCUT2D eigenvalue weighted by Gasteiger charge is 2.29. The third-order valence-electron chi connectivity index (χ3n) is 5.20. The molecule has 0 saturated heterocycles. The number of hydrogen-bond donors (Lipinski definition) is 0. The van der Waals surface area contributed by atoms with E-state index in [4.69, 9.17) is 0 Å². The van der Waals surface area contributed by atoms with Gasteiger partial charge in [0.25, 0.3) is 0 Å². The first kappa shape index (κ1) is 14.7. The van der Waals surface area contributed by atoms with E-state index in [0.29, 0.717) is 0 Å². The molecule has 0 heterocycles. The van der Waals surface area contributed by atoms with Crippen LogP contribution in [0.5, 0.6) is 0 Å². The van der Waals surface area contributed by atoms with E-state index in [1.165, 1.54) is 51.4 Å². The Labute approximate surface area is 120 Å². The predicted molar refractivity (Wildman–Crippen MR) is 83.8 cm³/mol. The van der Waals surface area contributed by atoms with E-state index in [1.807, 2.05) is 0 Å². The molecule has 0 N–H and O–H groups in total. The lowest BCUT2D eigenvalue weighted by Crippen LogP contribution is -2.25. The number of hydrogen-bond acceptors (Lipinski definition) is 0. The zero-order valence-corrected chi connectivity index (χ0v) is 12.8. The van der Waals surface area contributed by atoms with Crippen LogP contribution in [0.3, 0.4) is 0 Å². The molecule has 0 spiro atoms. The molecule has 2 saturated carbocycles. The van der Waals surface area contributed by atoms with Crippen molar-refractivity contribution in [1.29, 1.82) is 0 Å². The molecule has 0 aromatic heterocycles. The van der Waals surface area contributed by atoms with Gasteiger partial charge in [-0.05, 0) is 76.0 Å². The summed E-state index contributed by atoms with van der Waals surface area (Å²) in [7, 11) is 0. The van der Waals surface area contributed by atoms with E-state index in [9.17, 15) is 0 Å².